The summed E-state index contributed by atoms with van der Waals surface area (Å²) in [5.41, 5.74) is 3.17. The average Bonchev–Trinajstić information content (AvgIpc) is 2.69. The number of halogens is 1. The van der Waals surface area contributed by atoms with Crippen LogP contribution in [0.15, 0.2) is 78.9 Å². The molecule has 3 aromatic carbocycles. The molecule has 27 heavy (non-hydrogen) atoms. The van der Waals surface area contributed by atoms with Gasteiger partial charge in [-0.3, -0.25) is 9.59 Å². The second-order valence-corrected chi connectivity index (χ2v) is 6.85. The van der Waals surface area contributed by atoms with Crippen LogP contribution in [0, 0.1) is 6.92 Å². The van der Waals surface area contributed by atoms with Gasteiger partial charge in [0.2, 0.25) is 0 Å². The second-order valence-electron chi connectivity index (χ2n) is 6.41. The van der Waals surface area contributed by atoms with Crippen molar-refractivity contribution in [2.75, 3.05) is 18.0 Å². The number of Topliss-reactive ketones (excluding diaryl/α,β-unsaturated/α-hetero) is 2. The van der Waals surface area contributed by atoms with E-state index in [0.29, 0.717) is 16.1 Å². The lowest BCUT2D eigenvalue weighted by molar-refractivity contribution is 0.0984. The van der Waals surface area contributed by atoms with Crippen molar-refractivity contribution >= 4 is 28.9 Å². The van der Waals surface area contributed by atoms with Crippen molar-refractivity contribution in [1.82, 2.24) is 0 Å². The Morgan fingerprint density at radius 1 is 0.741 bits per heavy atom. The zero-order valence-electron chi connectivity index (χ0n) is 15.1. The van der Waals surface area contributed by atoms with Crippen LogP contribution in [0.1, 0.15) is 26.3 Å². The molecule has 0 fully saturated rings. The predicted molar refractivity (Wildman–Crippen MR) is 110 cm³/mol. The zero-order chi connectivity index (χ0) is 19.2. The minimum absolute atomic E-state index is 0.0277. The van der Waals surface area contributed by atoms with Gasteiger partial charge < -0.3 is 4.90 Å². The molecule has 0 radical (unpaired) electrons. The maximum Gasteiger partial charge on any atom is 0.182 e. The largest absolute Gasteiger partial charge is 0.356 e. The van der Waals surface area contributed by atoms with Gasteiger partial charge in [-0.05, 0) is 43.3 Å². The highest BCUT2D eigenvalue weighted by molar-refractivity contribution is 6.30. The van der Waals surface area contributed by atoms with Crippen molar-refractivity contribution < 1.29 is 9.59 Å². The van der Waals surface area contributed by atoms with Crippen molar-refractivity contribution in [3.8, 4) is 0 Å². The van der Waals surface area contributed by atoms with E-state index < -0.39 is 0 Å². The van der Waals surface area contributed by atoms with Crippen molar-refractivity contribution in [2.24, 2.45) is 0 Å². The highest BCUT2D eigenvalue weighted by Gasteiger charge is 2.17. The molecule has 0 atom stereocenters. The number of rotatable bonds is 7. The fraction of sp³-hybridized carbons (Fsp3) is 0.130. The molecule has 0 spiro atoms. The van der Waals surface area contributed by atoms with Crippen LogP contribution in [-0.2, 0) is 0 Å². The summed E-state index contributed by atoms with van der Waals surface area (Å²) in [4.78, 5) is 27.2. The van der Waals surface area contributed by atoms with Gasteiger partial charge in [-0.25, -0.2) is 0 Å². The molecule has 0 aliphatic heterocycles. The summed E-state index contributed by atoms with van der Waals surface area (Å²) >= 11 is 5.90. The van der Waals surface area contributed by atoms with Crippen molar-refractivity contribution in [3.05, 3.63) is 101 Å². The topological polar surface area (TPSA) is 37.4 Å². The Balaban J connectivity index is 1.83. The van der Waals surface area contributed by atoms with Gasteiger partial charge in [0.15, 0.2) is 11.6 Å². The van der Waals surface area contributed by atoms with Crippen molar-refractivity contribution in [1.29, 1.82) is 0 Å². The lowest BCUT2D eigenvalue weighted by Crippen LogP contribution is -2.34. The van der Waals surface area contributed by atoms with E-state index in [1.165, 1.54) is 0 Å². The first-order chi connectivity index (χ1) is 13.0. The molecule has 0 saturated carbocycles. The van der Waals surface area contributed by atoms with E-state index in [-0.39, 0.29) is 24.7 Å². The Labute approximate surface area is 164 Å². The van der Waals surface area contributed by atoms with Crippen LogP contribution in [0.3, 0.4) is 0 Å². The van der Waals surface area contributed by atoms with Crippen LogP contribution < -0.4 is 4.90 Å². The van der Waals surface area contributed by atoms with E-state index in [4.69, 9.17) is 11.6 Å². The van der Waals surface area contributed by atoms with Crippen molar-refractivity contribution in [3.63, 3.8) is 0 Å². The quantitative estimate of drug-likeness (QED) is 0.530. The van der Waals surface area contributed by atoms with E-state index in [1.54, 1.807) is 36.4 Å². The number of aryl methyl sites for hydroxylation is 1. The molecule has 136 valence electrons. The third-order valence-electron chi connectivity index (χ3n) is 4.33. The molecule has 0 aromatic heterocycles. The SMILES string of the molecule is Cc1ccc(N(CC(=O)c2ccccc2)CC(=O)c2ccc(Cl)cc2)cc1. The van der Waals surface area contributed by atoms with Crippen LogP contribution in [0.4, 0.5) is 5.69 Å². The van der Waals surface area contributed by atoms with E-state index in [2.05, 4.69) is 0 Å². The van der Waals surface area contributed by atoms with Crippen LogP contribution in [-0.4, -0.2) is 24.7 Å². The first kappa shape index (κ1) is 18.9. The average molecular weight is 378 g/mol. The van der Waals surface area contributed by atoms with E-state index in [1.807, 2.05) is 54.3 Å². The molecular formula is C23H20ClNO2. The molecule has 0 N–H and O–H groups in total. The lowest BCUT2D eigenvalue weighted by Gasteiger charge is -2.24. The number of carbonyl (C=O) groups is 2. The number of benzene rings is 3. The van der Waals surface area contributed by atoms with Gasteiger partial charge in [-0.1, -0.05) is 59.6 Å². The fourth-order valence-corrected chi connectivity index (χ4v) is 2.91. The Hall–Kier alpha value is -2.91. The first-order valence-corrected chi connectivity index (χ1v) is 9.09. The summed E-state index contributed by atoms with van der Waals surface area (Å²) in [6.07, 6.45) is 0. The Morgan fingerprint density at radius 2 is 1.26 bits per heavy atom. The third-order valence-corrected chi connectivity index (χ3v) is 4.58. The molecule has 0 aliphatic carbocycles. The summed E-state index contributed by atoms with van der Waals surface area (Å²) in [7, 11) is 0. The van der Waals surface area contributed by atoms with Gasteiger partial charge in [0.25, 0.3) is 0 Å². The van der Waals surface area contributed by atoms with Gasteiger partial charge in [0, 0.05) is 21.8 Å². The molecule has 3 rings (SSSR count). The monoisotopic (exact) mass is 377 g/mol. The lowest BCUT2D eigenvalue weighted by atomic mass is 10.1. The molecule has 3 nitrogen and oxygen atoms in total. The number of nitrogens with zero attached hydrogens (tertiary/aromatic N) is 1. The highest BCUT2D eigenvalue weighted by Crippen LogP contribution is 2.18. The van der Waals surface area contributed by atoms with Crippen LogP contribution in [0.5, 0.6) is 0 Å². The molecule has 0 heterocycles. The number of anilines is 1. The van der Waals surface area contributed by atoms with E-state index >= 15 is 0 Å². The minimum Gasteiger partial charge on any atom is -0.356 e. The zero-order valence-corrected chi connectivity index (χ0v) is 15.8. The molecule has 0 amide bonds. The molecule has 0 unspecified atom stereocenters. The number of hydrogen-bond donors (Lipinski definition) is 0. The van der Waals surface area contributed by atoms with Crippen LogP contribution in [0.25, 0.3) is 0 Å². The normalized spacial score (nSPS) is 10.4. The number of carbonyl (C=O) groups excluding carboxylic acids is 2. The Morgan fingerprint density at radius 3 is 1.81 bits per heavy atom. The molecule has 0 saturated heterocycles. The van der Waals surface area contributed by atoms with E-state index in [0.717, 1.165) is 11.3 Å². The second kappa shape index (κ2) is 8.65. The number of hydrogen-bond acceptors (Lipinski definition) is 3. The van der Waals surface area contributed by atoms with Crippen LogP contribution >= 0.6 is 11.6 Å². The summed E-state index contributed by atoms with van der Waals surface area (Å²) in [5.74, 6) is -0.0896. The van der Waals surface area contributed by atoms with Gasteiger partial charge >= 0.3 is 0 Å². The highest BCUT2D eigenvalue weighted by atomic mass is 35.5. The standard InChI is InChI=1S/C23H20ClNO2/c1-17-7-13-21(14-8-17)25(15-22(26)18-5-3-2-4-6-18)16-23(27)19-9-11-20(24)12-10-19/h2-14H,15-16H2,1H3. The summed E-state index contributed by atoms with van der Waals surface area (Å²) < 4.78 is 0. The fourth-order valence-electron chi connectivity index (χ4n) is 2.78. The maximum absolute atomic E-state index is 12.7. The van der Waals surface area contributed by atoms with Gasteiger partial charge in [-0.2, -0.15) is 0 Å². The maximum atomic E-state index is 12.7. The minimum atomic E-state index is -0.0619. The molecular weight excluding hydrogens is 358 g/mol. The van der Waals surface area contributed by atoms with E-state index in [9.17, 15) is 9.59 Å². The molecule has 0 aliphatic rings. The predicted octanol–water partition coefficient (Wildman–Crippen LogP) is 5.22. The summed E-state index contributed by atoms with van der Waals surface area (Å²) in [5, 5.41) is 0.584. The Kier molecular flexibility index (Phi) is 6.05. The Bertz CT molecular complexity index is 919. The van der Waals surface area contributed by atoms with Gasteiger partial charge in [0.05, 0.1) is 13.1 Å². The summed E-state index contributed by atoms with van der Waals surface area (Å²) in [6, 6.07) is 23.7. The molecule has 3 aromatic rings. The van der Waals surface area contributed by atoms with Gasteiger partial charge in [-0.15, -0.1) is 0 Å². The van der Waals surface area contributed by atoms with Gasteiger partial charge in [0.1, 0.15) is 0 Å². The third kappa shape index (κ3) is 5.05. The number of ketones is 2. The van der Waals surface area contributed by atoms with Crippen LogP contribution in [0.2, 0.25) is 5.02 Å². The summed E-state index contributed by atoms with van der Waals surface area (Å²) in [6.45, 7) is 2.25. The first-order valence-electron chi connectivity index (χ1n) is 8.71. The molecule has 0 bridgehead atoms. The molecule has 4 heteroatoms. The van der Waals surface area contributed by atoms with Crippen molar-refractivity contribution in [2.45, 2.75) is 6.92 Å². The smallest absolute Gasteiger partial charge is 0.182 e.